The van der Waals surface area contributed by atoms with Gasteiger partial charge >= 0.3 is 6.36 Å². The van der Waals surface area contributed by atoms with E-state index in [0.717, 1.165) is 6.42 Å². The Morgan fingerprint density at radius 1 is 1.32 bits per heavy atom. The Balaban J connectivity index is 2.36. The van der Waals surface area contributed by atoms with E-state index in [4.69, 9.17) is 5.73 Å². The fraction of sp³-hybridized carbons (Fsp3) is 0.500. The Morgan fingerprint density at radius 3 is 2.52 bits per heavy atom. The molecule has 4 N–H and O–H groups in total. The summed E-state index contributed by atoms with van der Waals surface area (Å²) in [6.07, 6.45) is -3.59. The molecule has 0 aliphatic carbocycles. The normalized spacial score (nSPS) is 13.2. The maximum absolute atomic E-state index is 12.1. The number of rotatable bonds is 8. The highest BCUT2D eigenvalue weighted by molar-refractivity contribution is 5.80. The third kappa shape index (κ3) is 9.43. The van der Waals surface area contributed by atoms with Crippen LogP contribution in [-0.4, -0.2) is 30.8 Å². The SMILES string of the molecule is CCC(C)NC(=O)CCNC(N)=NCc1ccc(OC(F)(F)F)cc1. The van der Waals surface area contributed by atoms with Gasteiger partial charge in [0.05, 0.1) is 6.54 Å². The Labute approximate surface area is 144 Å². The highest BCUT2D eigenvalue weighted by Crippen LogP contribution is 2.22. The molecule has 6 nitrogen and oxygen atoms in total. The van der Waals surface area contributed by atoms with Crippen molar-refractivity contribution in [3.8, 4) is 5.75 Å². The van der Waals surface area contributed by atoms with Crippen molar-refractivity contribution >= 4 is 11.9 Å². The summed E-state index contributed by atoms with van der Waals surface area (Å²) in [6.45, 7) is 4.45. The molecule has 25 heavy (non-hydrogen) atoms. The van der Waals surface area contributed by atoms with Crippen LogP contribution in [0.3, 0.4) is 0 Å². The minimum absolute atomic E-state index is 0.0742. The Hall–Kier alpha value is -2.45. The number of nitrogens with zero attached hydrogens (tertiary/aromatic N) is 1. The van der Waals surface area contributed by atoms with Crippen LogP contribution in [0.15, 0.2) is 29.3 Å². The summed E-state index contributed by atoms with van der Waals surface area (Å²) >= 11 is 0. The molecule has 9 heteroatoms. The van der Waals surface area contributed by atoms with E-state index in [1.807, 2.05) is 13.8 Å². The van der Waals surface area contributed by atoms with Crippen LogP contribution in [0.5, 0.6) is 5.75 Å². The van der Waals surface area contributed by atoms with E-state index >= 15 is 0 Å². The Morgan fingerprint density at radius 2 is 1.96 bits per heavy atom. The predicted molar refractivity (Wildman–Crippen MR) is 89.0 cm³/mol. The van der Waals surface area contributed by atoms with Crippen LogP contribution in [-0.2, 0) is 11.3 Å². The van der Waals surface area contributed by atoms with Crippen LogP contribution >= 0.6 is 0 Å². The summed E-state index contributed by atoms with van der Waals surface area (Å²) in [6, 6.07) is 5.49. The third-order valence-corrected chi connectivity index (χ3v) is 3.27. The molecule has 0 radical (unpaired) electrons. The standard InChI is InChI=1S/C16H23F3N4O2/c1-3-11(2)23-14(24)8-9-21-15(20)22-10-12-4-6-13(7-5-12)25-16(17,18)19/h4-7,11H,3,8-10H2,1-2H3,(H,23,24)(H3,20,21,22). The fourth-order valence-electron chi connectivity index (χ4n) is 1.78. The number of carbonyl (C=O) groups excluding carboxylic acids is 1. The fourth-order valence-corrected chi connectivity index (χ4v) is 1.78. The number of nitrogens with one attached hydrogen (secondary N) is 2. The number of amides is 1. The van der Waals surface area contributed by atoms with Crippen LogP contribution in [0.25, 0.3) is 0 Å². The molecular weight excluding hydrogens is 337 g/mol. The highest BCUT2D eigenvalue weighted by Gasteiger charge is 2.30. The first-order valence-electron chi connectivity index (χ1n) is 7.87. The van der Waals surface area contributed by atoms with E-state index in [1.54, 1.807) is 0 Å². The first kappa shape index (κ1) is 20.6. The van der Waals surface area contributed by atoms with E-state index in [0.29, 0.717) is 12.1 Å². The van der Waals surface area contributed by atoms with Gasteiger partial charge in [-0.2, -0.15) is 0 Å². The van der Waals surface area contributed by atoms with Crippen molar-refractivity contribution < 1.29 is 22.7 Å². The number of benzene rings is 1. The molecule has 1 amide bonds. The summed E-state index contributed by atoms with van der Waals surface area (Å²) in [4.78, 5) is 15.6. The van der Waals surface area contributed by atoms with Gasteiger partial charge < -0.3 is 21.1 Å². The van der Waals surface area contributed by atoms with Crippen molar-refractivity contribution in [3.05, 3.63) is 29.8 Å². The second-order valence-electron chi connectivity index (χ2n) is 5.45. The van der Waals surface area contributed by atoms with Crippen LogP contribution in [0.2, 0.25) is 0 Å². The zero-order valence-electron chi connectivity index (χ0n) is 14.2. The lowest BCUT2D eigenvalue weighted by atomic mass is 10.2. The number of nitrogens with two attached hydrogens (primary N) is 1. The van der Waals surface area contributed by atoms with Crippen LogP contribution in [0.4, 0.5) is 13.2 Å². The van der Waals surface area contributed by atoms with Gasteiger partial charge in [0.15, 0.2) is 5.96 Å². The number of ether oxygens (including phenoxy) is 1. The lowest BCUT2D eigenvalue weighted by molar-refractivity contribution is -0.274. The molecule has 1 rings (SSSR count). The van der Waals surface area contributed by atoms with E-state index in [9.17, 15) is 18.0 Å². The maximum atomic E-state index is 12.1. The van der Waals surface area contributed by atoms with Crippen LogP contribution in [0.1, 0.15) is 32.3 Å². The van der Waals surface area contributed by atoms with Crippen molar-refractivity contribution in [1.29, 1.82) is 0 Å². The van der Waals surface area contributed by atoms with Gasteiger partial charge in [0.25, 0.3) is 0 Å². The topological polar surface area (TPSA) is 88.7 Å². The van der Waals surface area contributed by atoms with Crippen molar-refractivity contribution in [2.24, 2.45) is 10.7 Å². The van der Waals surface area contributed by atoms with Crippen molar-refractivity contribution in [2.45, 2.75) is 45.6 Å². The molecule has 0 aromatic heterocycles. The molecule has 0 aliphatic heterocycles. The van der Waals surface area contributed by atoms with Crippen molar-refractivity contribution in [2.75, 3.05) is 6.54 Å². The summed E-state index contributed by atoms with van der Waals surface area (Å²) in [5.74, 6) is -0.208. The number of guanidine groups is 1. The van der Waals surface area contributed by atoms with E-state index in [1.165, 1.54) is 24.3 Å². The largest absolute Gasteiger partial charge is 0.573 e. The molecule has 1 unspecified atom stereocenters. The quantitative estimate of drug-likeness (QED) is 0.490. The smallest absolute Gasteiger partial charge is 0.406 e. The van der Waals surface area contributed by atoms with E-state index < -0.39 is 6.36 Å². The predicted octanol–water partition coefficient (Wildman–Crippen LogP) is 2.29. The average Bonchev–Trinajstić information content (AvgIpc) is 2.52. The second-order valence-corrected chi connectivity index (χ2v) is 5.45. The Bertz CT molecular complexity index is 574. The molecule has 0 bridgehead atoms. The van der Waals surface area contributed by atoms with Gasteiger partial charge in [0.1, 0.15) is 5.75 Å². The summed E-state index contributed by atoms with van der Waals surface area (Å²) < 4.78 is 40.0. The lowest BCUT2D eigenvalue weighted by Gasteiger charge is -2.11. The minimum Gasteiger partial charge on any atom is -0.406 e. The molecule has 0 saturated carbocycles. The molecule has 0 heterocycles. The number of hydrogen-bond acceptors (Lipinski definition) is 3. The summed E-state index contributed by atoms with van der Waals surface area (Å²) in [7, 11) is 0. The van der Waals surface area contributed by atoms with Crippen molar-refractivity contribution in [1.82, 2.24) is 10.6 Å². The molecule has 0 fully saturated rings. The lowest BCUT2D eigenvalue weighted by Crippen LogP contribution is -2.37. The van der Waals surface area contributed by atoms with Crippen LogP contribution in [0, 0.1) is 0 Å². The monoisotopic (exact) mass is 360 g/mol. The van der Waals surface area contributed by atoms with Gasteiger partial charge in [0, 0.05) is 19.0 Å². The molecule has 0 saturated heterocycles. The van der Waals surface area contributed by atoms with Gasteiger partial charge in [-0.3, -0.25) is 4.79 Å². The van der Waals surface area contributed by atoms with E-state index in [-0.39, 0.29) is 36.6 Å². The van der Waals surface area contributed by atoms with Gasteiger partial charge in [-0.15, -0.1) is 13.2 Å². The molecule has 140 valence electrons. The zero-order valence-corrected chi connectivity index (χ0v) is 14.2. The first-order chi connectivity index (χ1) is 11.7. The Kier molecular flexibility index (Phi) is 8.03. The molecule has 1 atom stereocenters. The van der Waals surface area contributed by atoms with Crippen LogP contribution < -0.4 is 21.1 Å². The highest BCUT2D eigenvalue weighted by atomic mass is 19.4. The number of alkyl halides is 3. The molecule has 1 aromatic rings. The van der Waals surface area contributed by atoms with Gasteiger partial charge in [-0.25, -0.2) is 4.99 Å². The van der Waals surface area contributed by atoms with Crippen molar-refractivity contribution in [3.63, 3.8) is 0 Å². The number of carbonyl (C=O) groups is 1. The van der Waals surface area contributed by atoms with Gasteiger partial charge in [-0.05, 0) is 31.0 Å². The number of hydrogen-bond donors (Lipinski definition) is 3. The van der Waals surface area contributed by atoms with E-state index in [2.05, 4.69) is 20.4 Å². The summed E-state index contributed by atoms with van der Waals surface area (Å²) in [5, 5.41) is 5.64. The molecular formula is C16H23F3N4O2. The maximum Gasteiger partial charge on any atom is 0.573 e. The third-order valence-electron chi connectivity index (χ3n) is 3.27. The minimum atomic E-state index is -4.71. The number of halogens is 3. The first-order valence-corrected chi connectivity index (χ1v) is 7.87. The van der Waals surface area contributed by atoms with Gasteiger partial charge in [0.2, 0.25) is 5.91 Å². The number of aliphatic imine (C=N–C) groups is 1. The second kappa shape index (κ2) is 9.75. The average molecular weight is 360 g/mol. The molecule has 0 aliphatic rings. The molecule has 1 aromatic carbocycles. The molecule has 0 spiro atoms. The van der Waals surface area contributed by atoms with Gasteiger partial charge in [-0.1, -0.05) is 19.1 Å². The zero-order chi connectivity index (χ0) is 18.9. The summed E-state index contributed by atoms with van der Waals surface area (Å²) in [5.41, 5.74) is 6.36.